The number of aromatic nitrogens is 3. The van der Waals surface area contributed by atoms with Gasteiger partial charge in [-0.2, -0.15) is 0 Å². The SMILES string of the molecule is Cc1ccc2nc3c(cc(C(=O)N4CCCCCC4)n3Cc3ccccc3)c(=O)n2c1. The summed E-state index contributed by atoms with van der Waals surface area (Å²) < 4.78 is 3.49. The van der Waals surface area contributed by atoms with Crippen LogP contribution in [0.25, 0.3) is 16.7 Å². The molecule has 0 radical (unpaired) electrons. The van der Waals surface area contributed by atoms with Crippen LogP contribution in [-0.4, -0.2) is 37.8 Å². The van der Waals surface area contributed by atoms with Crippen molar-refractivity contribution in [3.8, 4) is 0 Å². The average molecular weight is 415 g/mol. The van der Waals surface area contributed by atoms with E-state index in [0.717, 1.165) is 49.9 Å². The van der Waals surface area contributed by atoms with E-state index in [0.29, 0.717) is 28.9 Å². The van der Waals surface area contributed by atoms with E-state index in [2.05, 4.69) is 0 Å². The van der Waals surface area contributed by atoms with Crippen molar-refractivity contribution >= 4 is 22.6 Å². The van der Waals surface area contributed by atoms with Gasteiger partial charge in [-0.1, -0.05) is 49.2 Å². The first-order valence-electron chi connectivity index (χ1n) is 11.0. The van der Waals surface area contributed by atoms with Crippen molar-refractivity contribution in [3.63, 3.8) is 0 Å². The van der Waals surface area contributed by atoms with E-state index in [4.69, 9.17) is 4.98 Å². The lowest BCUT2D eigenvalue weighted by Gasteiger charge is -2.21. The Hall–Kier alpha value is -3.41. The first kappa shape index (κ1) is 19.5. The van der Waals surface area contributed by atoms with Crippen molar-refractivity contribution in [3.05, 3.63) is 81.9 Å². The smallest absolute Gasteiger partial charge is 0.270 e. The lowest BCUT2D eigenvalue weighted by molar-refractivity contribution is 0.0751. The van der Waals surface area contributed by atoms with Crippen LogP contribution in [0.5, 0.6) is 0 Å². The molecule has 0 spiro atoms. The van der Waals surface area contributed by atoms with Crippen LogP contribution >= 0.6 is 0 Å². The van der Waals surface area contributed by atoms with Crippen molar-refractivity contribution in [1.82, 2.24) is 18.9 Å². The fourth-order valence-electron chi connectivity index (χ4n) is 4.45. The van der Waals surface area contributed by atoms with Crippen LogP contribution < -0.4 is 5.56 Å². The van der Waals surface area contributed by atoms with Crippen molar-refractivity contribution in [2.45, 2.75) is 39.2 Å². The summed E-state index contributed by atoms with van der Waals surface area (Å²) in [6.45, 7) is 3.97. The number of carbonyl (C=O) groups excluding carboxylic acids is 1. The third-order valence-corrected chi connectivity index (χ3v) is 6.11. The summed E-state index contributed by atoms with van der Waals surface area (Å²) in [6.07, 6.45) is 6.16. The highest BCUT2D eigenvalue weighted by Crippen LogP contribution is 2.22. The highest BCUT2D eigenvalue weighted by atomic mass is 16.2. The molecule has 1 saturated heterocycles. The molecule has 0 saturated carbocycles. The second kappa shape index (κ2) is 8.02. The monoisotopic (exact) mass is 414 g/mol. The minimum atomic E-state index is -0.138. The van der Waals surface area contributed by atoms with Gasteiger partial charge in [-0.15, -0.1) is 0 Å². The largest absolute Gasteiger partial charge is 0.337 e. The molecule has 158 valence electrons. The molecular weight excluding hydrogens is 388 g/mol. The summed E-state index contributed by atoms with van der Waals surface area (Å²) >= 11 is 0. The third kappa shape index (κ3) is 3.63. The van der Waals surface area contributed by atoms with Gasteiger partial charge in [0.05, 0.1) is 5.39 Å². The van der Waals surface area contributed by atoms with Crippen LogP contribution in [0.3, 0.4) is 0 Å². The topological polar surface area (TPSA) is 59.6 Å². The molecule has 4 aromatic rings. The van der Waals surface area contributed by atoms with Gasteiger partial charge >= 0.3 is 0 Å². The van der Waals surface area contributed by atoms with Gasteiger partial charge in [0.15, 0.2) is 0 Å². The normalized spacial score (nSPS) is 14.8. The van der Waals surface area contributed by atoms with Crippen molar-refractivity contribution in [2.75, 3.05) is 13.1 Å². The molecule has 0 atom stereocenters. The molecule has 1 aliphatic heterocycles. The van der Waals surface area contributed by atoms with E-state index < -0.39 is 0 Å². The number of amides is 1. The van der Waals surface area contributed by atoms with E-state index in [1.807, 2.05) is 58.9 Å². The first-order valence-corrected chi connectivity index (χ1v) is 11.0. The van der Waals surface area contributed by atoms with Crippen molar-refractivity contribution < 1.29 is 4.79 Å². The molecule has 0 N–H and O–H groups in total. The standard InChI is InChI=1S/C25H26N4O2/c1-18-11-12-22-26-23-20(24(30)29(22)16-18)15-21(25(31)27-13-7-2-3-8-14-27)28(23)17-19-9-5-4-6-10-19/h4-6,9-12,15-16H,2-3,7-8,13-14,17H2,1H3. The van der Waals surface area contributed by atoms with Crippen LogP contribution in [0.4, 0.5) is 0 Å². The van der Waals surface area contributed by atoms with Crippen LogP contribution in [-0.2, 0) is 6.54 Å². The van der Waals surface area contributed by atoms with Gasteiger partial charge in [0, 0.05) is 25.8 Å². The molecule has 4 heterocycles. The minimum absolute atomic E-state index is 0.0135. The Kier molecular flexibility index (Phi) is 5.06. The lowest BCUT2D eigenvalue weighted by atomic mass is 10.2. The molecule has 31 heavy (non-hydrogen) atoms. The molecule has 1 fully saturated rings. The van der Waals surface area contributed by atoms with Crippen LogP contribution in [0.1, 0.15) is 47.3 Å². The summed E-state index contributed by atoms with van der Waals surface area (Å²) in [6, 6.07) is 15.5. The Bertz CT molecular complexity index is 1310. The Morgan fingerprint density at radius 3 is 2.48 bits per heavy atom. The van der Waals surface area contributed by atoms with Gasteiger partial charge in [0.1, 0.15) is 17.0 Å². The number of rotatable bonds is 3. The molecule has 1 amide bonds. The molecule has 1 aromatic carbocycles. The number of likely N-dealkylation sites (tertiary alicyclic amines) is 1. The quantitative estimate of drug-likeness (QED) is 0.509. The predicted molar refractivity (Wildman–Crippen MR) is 122 cm³/mol. The maximum absolute atomic E-state index is 13.6. The Morgan fingerprint density at radius 1 is 1.00 bits per heavy atom. The van der Waals surface area contributed by atoms with Crippen LogP contribution in [0.2, 0.25) is 0 Å². The van der Waals surface area contributed by atoms with Gasteiger partial charge in [-0.3, -0.25) is 14.0 Å². The Balaban J connectivity index is 1.71. The molecule has 0 unspecified atom stereocenters. The highest BCUT2D eigenvalue weighted by molar-refractivity contribution is 5.98. The number of hydrogen-bond donors (Lipinski definition) is 0. The van der Waals surface area contributed by atoms with E-state index >= 15 is 0 Å². The maximum atomic E-state index is 13.6. The molecule has 0 aliphatic carbocycles. The predicted octanol–water partition coefficient (Wildman–Crippen LogP) is 4.02. The second-order valence-electron chi connectivity index (χ2n) is 8.40. The van der Waals surface area contributed by atoms with Crippen LogP contribution in [0.15, 0.2) is 59.5 Å². The molecule has 1 aliphatic rings. The average Bonchev–Trinajstić information content (AvgIpc) is 2.95. The van der Waals surface area contributed by atoms with Gasteiger partial charge in [-0.25, -0.2) is 4.98 Å². The van der Waals surface area contributed by atoms with E-state index in [-0.39, 0.29) is 11.5 Å². The zero-order valence-corrected chi connectivity index (χ0v) is 17.8. The molecule has 5 rings (SSSR count). The Morgan fingerprint density at radius 2 is 1.74 bits per heavy atom. The summed E-state index contributed by atoms with van der Waals surface area (Å²) in [5, 5.41) is 0.484. The van der Waals surface area contributed by atoms with Gasteiger partial charge < -0.3 is 9.47 Å². The minimum Gasteiger partial charge on any atom is -0.337 e. The summed E-state index contributed by atoms with van der Waals surface area (Å²) in [5.41, 5.74) is 3.61. The van der Waals surface area contributed by atoms with Crippen LogP contribution in [0, 0.1) is 6.92 Å². The molecule has 6 nitrogen and oxygen atoms in total. The zero-order chi connectivity index (χ0) is 21.4. The summed E-state index contributed by atoms with van der Waals surface area (Å²) in [4.78, 5) is 33.6. The molecular formula is C25H26N4O2. The number of hydrogen-bond acceptors (Lipinski definition) is 3. The first-order chi connectivity index (χ1) is 15.1. The number of fused-ring (bicyclic) bond motifs is 2. The Labute approximate surface area is 180 Å². The van der Waals surface area contributed by atoms with Gasteiger partial charge in [-0.05, 0) is 43.0 Å². The number of carbonyl (C=O) groups is 1. The van der Waals surface area contributed by atoms with Crippen molar-refractivity contribution in [2.24, 2.45) is 0 Å². The second-order valence-corrected chi connectivity index (χ2v) is 8.40. The number of nitrogens with zero attached hydrogens (tertiary/aromatic N) is 4. The van der Waals surface area contributed by atoms with Gasteiger partial charge in [0.25, 0.3) is 11.5 Å². The fraction of sp³-hybridized carbons (Fsp3) is 0.320. The molecule has 6 heteroatoms. The summed E-state index contributed by atoms with van der Waals surface area (Å²) in [5.74, 6) is -0.0135. The molecule has 0 bridgehead atoms. The number of pyridine rings is 1. The summed E-state index contributed by atoms with van der Waals surface area (Å²) in [7, 11) is 0. The van der Waals surface area contributed by atoms with E-state index in [1.54, 1.807) is 16.7 Å². The fourth-order valence-corrected chi connectivity index (χ4v) is 4.45. The number of benzene rings is 1. The van der Waals surface area contributed by atoms with Crippen molar-refractivity contribution in [1.29, 1.82) is 0 Å². The van der Waals surface area contributed by atoms with E-state index in [1.165, 1.54) is 0 Å². The van der Waals surface area contributed by atoms with E-state index in [9.17, 15) is 9.59 Å². The lowest BCUT2D eigenvalue weighted by Crippen LogP contribution is -2.33. The zero-order valence-electron chi connectivity index (χ0n) is 17.8. The maximum Gasteiger partial charge on any atom is 0.270 e. The highest BCUT2D eigenvalue weighted by Gasteiger charge is 2.24. The van der Waals surface area contributed by atoms with Gasteiger partial charge in [0.2, 0.25) is 0 Å². The molecule has 3 aromatic heterocycles. The number of aryl methyl sites for hydroxylation is 1. The third-order valence-electron chi connectivity index (χ3n) is 6.11.